The molecule has 14 heavy (non-hydrogen) atoms. The van der Waals surface area contributed by atoms with Gasteiger partial charge in [-0.05, 0) is 0 Å². The van der Waals surface area contributed by atoms with E-state index >= 15 is 0 Å². The minimum Gasteiger partial charge on any atom is -0.402 e. The number of rotatable bonds is 3. The fourth-order valence-corrected chi connectivity index (χ4v) is 2.31. The summed E-state index contributed by atoms with van der Waals surface area (Å²) in [6, 6.07) is 0. The summed E-state index contributed by atoms with van der Waals surface area (Å²) in [5.41, 5.74) is 0. The molecule has 0 radical (unpaired) electrons. The molecule has 0 saturated heterocycles. The summed E-state index contributed by atoms with van der Waals surface area (Å²) in [7, 11) is -2.17. The molecular formula is C9H24B2O3. The Morgan fingerprint density at radius 3 is 0.786 bits per heavy atom. The molecule has 3 nitrogen and oxygen atoms in total. The van der Waals surface area contributed by atoms with Gasteiger partial charge in [0.25, 0.3) is 0 Å². The van der Waals surface area contributed by atoms with Crippen LogP contribution in [0, 0.1) is 0 Å². The lowest BCUT2D eigenvalue weighted by molar-refractivity contribution is 0.278. The average molecular weight is 202 g/mol. The van der Waals surface area contributed by atoms with Crippen molar-refractivity contribution in [2.75, 3.05) is 0 Å². The lowest BCUT2D eigenvalue weighted by Gasteiger charge is -2.24. The molecule has 0 aromatic rings. The minimum atomic E-state index is -2.17. The molecule has 84 valence electrons. The van der Waals surface area contributed by atoms with Crippen LogP contribution in [0.1, 0.15) is 41.5 Å². The summed E-state index contributed by atoms with van der Waals surface area (Å²) in [6.45, 7) is 14.8. The quantitative estimate of drug-likeness (QED) is 0.609. The first kappa shape index (κ1) is 16.4. The lowest BCUT2D eigenvalue weighted by Crippen LogP contribution is -2.24. The van der Waals surface area contributed by atoms with Crippen LogP contribution in [0.3, 0.4) is 0 Å². The van der Waals surface area contributed by atoms with E-state index in [-0.39, 0.29) is 0 Å². The van der Waals surface area contributed by atoms with Crippen molar-refractivity contribution < 1.29 is 15.1 Å². The van der Waals surface area contributed by atoms with Crippen molar-refractivity contribution in [3.8, 4) is 0 Å². The SMILES string of the molecule is CC(C)B(C(C)C)C(C)C.OB(O)O. The van der Waals surface area contributed by atoms with Gasteiger partial charge >= 0.3 is 7.32 Å². The fourth-order valence-electron chi connectivity index (χ4n) is 2.31. The first-order chi connectivity index (χ1) is 6.20. The van der Waals surface area contributed by atoms with Crippen LogP contribution >= 0.6 is 0 Å². The van der Waals surface area contributed by atoms with Gasteiger partial charge in [0.15, 0.2) is 0 Å². The summed E-state index contributed by atoms with van der Waals surface area (Å²) in [6.07, 6.45) is 0. The van der Waals surface area contributed by atoms with E-state index in [2.05, 4.69) is 41.5 Å². The molecule has 3 N–H and O–H groups in total. The predicted molar refractivity (Wildman–Crippen MR) is 63.5 cm³/mol. The minimum absolute atomic E-state index is 0.833. The Bertz CT molecular complexity index is 105. The van der Waals surface area contributed by atoms with Crippen LogP contribution in [0.15, 0.2) is 0 Å². The van der Waals surface area contributed by atoms with Gasteiger partial charge < -0.3 is 15.1 Å². The van der Waals surface area contributed by atoms with E-state index in [0.717, 1.165) is 24.2 Å². The van der Waals surface area contributed by atoms with Crippen LogP contribution in [0.2, 0.25) is 17.5 Å². The maximum Gasteiger partial charge on any atom is 0.631 e. The molecule has 0 spiro atoms. The van der Waals surface area contributed by atoms with Crippen molar-refractivity contribution in [1.82, 2.24) is 0 Å². The largest absolute Gasteiger partial charge is 0.631 e. The zero-order valence-corrected chi connectivity index (χ0v) is 10.2. The van der Waals surface area contributed by atoms with Gasteiger partial charge in [-0.2, -0.15) is 0 Å². The molecule has 0 aliphatic heterocycles. The molecule has 0 aliphatic rings. The third-order valence-electron chi connectivity index (χ3n) is 2.31. The molecule has 0 atom stereocenters. The maximum absolute atomic E-state index is 7.17. The summed E-state index contributed by atoms with van der Waals surface area (Å²) >= 11 is 0. The highest BCUT2D eigenvalue weighted by Crippen LogP contribution is 2.28. The van der Waals surface area contributed by atoms with E-state index in [1.807, 2.05) is 0 Å². The Balaban J connectivity index is 0. The molecule has 0 aromatic heterocycles. The van der Waals surface area contributed by atoms with Gasteiger partial charge in [-0.1, -0.05) is 59.0 Å². The second-order valence-electron chi connectivity index (χ2n) is 4.66. The van der Waals surface area contributed by atoms with Crippen molar-refractivity contribution >= 4 is 14.0 Å². The van der Waals surface area contributed by atoms with E-state index in [4.69, 9.17) is 15.1 Å². The second-order valence-corrected chi connectivity index (χ2v) is 4.66. The van der Waals surface area contributed by atoms with Crippen molar-refractivity contribution in [3.05, 3.63) is 0 Å². The number of hydrogen-bond donors (Lipinski definition) is 3. The molecule has 0 bridgehead atoms. The molecule has 0 aromatic carbocycles. The van der Waals surface area contributed by atoms with Crippen LogP contribution in [-0.4, -0.2) is 29.1 Å². The molecule has 0 fully saturated rings. The predicted octanol–water partition coefficient (Wildman–Crippen LogP) is 1.66. The van der Waals surface area contributed by atoms with Crippen LogP contribution in [0.4, 0.5) is 0 Å². The first-order valence-corrected chi connectivity index (χ1v) is 5.24. The second kappa shape index (κ2) is 8.33. The zero-order valence-electron chi connectivity index (χ0n) is 10.2. The van der Waals surface area contributed by atoms with Crippen LogP contribution in [-0.2, 0) is 0 Å². The molecule has 0 rings (SSSR count). The standard InChI is InChI=1S/C9H21B.BH3O3/c1-7(2)10(8(3)4)9(5)6;2-1(3)4/h7-9H,1-6H3;2-4H. The van der Waals surface area contributed by atoms with Crippen LogP contribution in [0.5, 0.6) is 0 Å². The highest BCUT2D eigenvalue weighted by molar-refractivity contribution is 6.63. The van der Waals surface area contributed by atoms with Crippen molar-refractivity contribution in [2.45, 2.75) is 59.0 Å². The van der Waals surface area contributed by atoms with Crippen molar-refractivity contribution in [2.24, 2.45) is 0 Å². The van der Waals surface area contributed by atoms with E-state index in [1.165, 1.54) is 0 Å². The third-order valence-corrected chi connectivity index (χ3v) is 2.31. The molecule has 0 unspecified atom stereocenters. The molecule has 0 saturated carbocycles. The van der Waals surface area contributed by atoms with Crippen molar-refractivity contribution in [1.29, 1.82) is 0 Å². The third kappa shape index (κ3) is 10.1. The first-order valence-electron chi connectivity index (χ1n) is 5.24. The van der Waals surface area contributed by atoms with Gasteiger partial charge in [-0.15, -0.1) is 0 Å². The maximum atomic E-state index is 7.17. The van der Waals surface area contributed by atoms with Crippen LogP contribution < -0.4 is 0 Å². The fraction of sp³-hybridized carbons (Fsp3) is 1.00. The Hall–Kier alpha value is 0.00987. The summed E-state index contributed by atoms with van der Waals surface area (Å²) in [4.78, 5) is 0. The van der Waals surface area contributed by atoms with E-state index in [9.17, 15) is 0 Å². The Morgan fingerprint density at radius 1 is 0.643 bits per heavy atom. The van der Waals surface area contributed by atoms with Gasteiger partial charge in [-0.3, -0.25) is 0 Å². The number of hydrogen-bond acceptors (Lipinski definition) is 3. The highest BCUT2D eigenvalue weighted by atomic mass is 16.5. The van der Waals surface area contributed by atoms with Crippen LogP contribution in [0.25, 0.3) is 0 Å². The van der Waals surface area contributed by atoms with Gasteiger partial charge in [-0.25, -0.2) is 0 Å². The Morgan fingerprint density at radius 2 is 0.786 bits per heavy atom. The molecule has 0 heterocycles. The zero-order chi connectivity index (χ0) is 11.9. The molecule has 0 amide bonds. The molecule has 0 aliphatic carbocycles. The average Bonchev–Trinajstić information content (AvgIpc) is 1.80. The molecule has 5 heteroatoms. The Labute approximate surface area is 88.8 Å². The monoisotopic (exact) mass is 202 g/mol. The Kier molecular flexibility index (Phi) is 9.78. The highest BCUT2D eigenvalue weighted by Gasteiger charge is 2.24. The topological polar surface area (TPSA) is 60.7 Å². The van der Waals surface area contributed by atoms with E-state index in [1.54, 1.807) is 0 Å². The van der Waals surface area contributed by atoms with E-state index < -0.39 is 7.32 Å². The summed E-state index contributed by atoms with van der Waals surface area (Å²) < 4.78 is 0. The van der Waals surface area contributed by atoms with Crippen molar-refractivity contribution in [3.63, 3.8) is 0 Å². The van der Waals surface area contributed by atoms with Gasteiger partial charge in [0.1, 0.15) is 6.71 Å². The van der Waals surface area contributed by atoms with Gasteiger partial charge in [0.05, 0.1) is 0 Å². The normalized spacial score (nSPS) is 10.3. The van der Waals surface area contributed by atoms with E-state index in [0.29, 0.717) is 0 Å². The molecular weight excluding hydrogens is 178 g/mol. The summed E-state index contributed by atoms with van der Waals surface area (Å²) in [5, 5.41) is 21.5. The smallest absolute Gasteiger partial charge is 0.402 e. The summed E-state index contributed by atoms with van der Waals surface area (Å²) in [5.74, 6) is 2.50. The van der Waals surface area contributed by atoms with Gasteiger partial charge in [0.2, 0.25) is 0 Å². The lowest BCUT2D eigenvalue weighted by atomic mass is 9.30. The van der Waals surface area contributed by atoms with Gasteiger partial charge in [0, 0.05) is 0 Å².